The number of likely N-dealkylation sites (tertiary alicyclic amines) is 1. The summed E-state index contributed by atoms with van der Waals surface area (Å²) in [6, 6.07) is 4.91. The van der Waals surface area contributed by atoms with Crippen LogP contribution in [-0.4, -0.2) is 41.7 Å². The van der Waals surface area contributed by atoms with Gasteiger partial charge in [-0.3, -0.25) is 4.79 Å². The molecule has 1 N–H and O–H groups in total. The topological polar surface area (TPSA) is 49.8 Å². The zero-order valence-electron chi connectivity index (χ0n) is 10.8. The maximum atomic E-state index is 12.1. The molecule has 0 radical (unpaired) electrons. The molecule has 0 bridgehead atoms. The van der Waals surface area contributed by atoms with Gasteiger partial charge in [0.1, 0.15) is 5.75 Å². The summed E-state index contributed by atoms with van der Waals surface area (Å²) in [5.41, 5.74) is 0. The van der Waals surface area contributed by atoms with Crippen molar-refractivity contribution in [2.45, 2.75) is 12.5 Å². The molecule has 2 aliphatic rings. The Bertz CT molecular complexity index is 537. The first-order chi connectivity index (χ1) is 9.54. The lowest BCUT2D eigenvalue weighted by Crippen LogP contribution is -2.40. The SMILES string of the molecule is O=C(COc1ccc(Cl)c(Cl)c1)N1C[C@H]2C[C@@H](O)[C@H]2C1. The van der Waals surface area contributed by atoms with Crippen LogP contribution in [0.3, 0.4) is 0 Å². The standard InChI is InChI=1S/C14H15Cl2NO3/c15-11-2-1-9(4-12(11)16)20-7-14(19)17-5-8-3-13(18)10(8)6-17/h1-2,4,8,10,13,18H,3,5-7H2/t8-,10+,13-/m1/s1. The zero-order valence-corrected chi connectivity index (χ0v) is 12.3. The second kappa shape index (κ2) is 5.43. The van der Waals surface area contributed by atoms with E-state index in [-0.39, 0.29) is 24.5 Å². The van der Waals surface area contributed by atoms with Crippen LogP contribution in [0.2, 0.25) is 10.0 Å². The van der Waals surface area contributed by atoms with Crippen LogP contribution in [0.15, 0.2) is 18.2 Å². The van der Waals surface area contributed by atoms with E-state index < -0.39 is 0 Å². The summed E-state index contributed by atoms with van der Waals surface area (Å²) in [6.45, 7) is 1.34. The van der Waals surface area contributed by atoms with Crippen molar-refractivity contribution in [3.05, 3.63) is 28.2 Å². The largest absolute Gasteiger partial charge is 0.484 e. The minimum Gasteiger partial charge on any atom is -0.484 e. The number of hydrogen-bond acceptors (Lipinski definition) is 3. The number of carbonyl (C=O) groups excluding carboxylic acids is 1. The Morgan fingerprint density at radius 3 is 2.80 bits per heavy atom. The molecule has 2 fully saturated rings. The van der Waals surface area contributed by atoms with E-state index in [1.807, 2.05) is 0 Å². The maximum absolute atomic E-state index is 12.1. The van der Waals surface area contributed by atoms with Crippen molar-refractivity contribution < 1.29 is 14.6 Å². The Kier molecular flexibility index (Phi) is 3.80. The smallest absolute Gasteiger partial charge is 0.260 e. The minimum absolute atomic E-state index is 0.0203. The summed E-state index contributed by atoms with van der Waals surface area (Å²) in [7, 11) is 0. The summed E-state index contributed by atoms with van der Waals surface area (Å²) in [4.78, 5) is 13.8. The first kappa shape index (κ1) is 14.0. The first-order valence-corrected chi connectivity index (χ1v) is 7.34. The Balaban J connectivity index is 1.53. The molecule has 1 aliphatic carbocycles. The number of fused-ring (bicyclic) bond motifs is 1. The molecule has 3 atom stereocenters. The van der Waals surface area contributed by atoms with Crippen LogP contribution in [0, 0.1) is 11.8 Å². The van der Waals surface area contributed by atoms with Crippen molar-refractivity contribution >= 4 is 29.1 Å². The van der Waals surface area contributed by atoms with Crippen molar-refractivity contribution in [3.63, 3.8) is 0 Å². The fourth-order valence-corrected chi connectivity index (χ4v) is 3.17. The molecule has 1 heterocycles. The normalized spacial score (nSPS) is 27.9. The van der Waals surface area contributed by atoms with E-state index in [4.69, 9.17) is 27.9 Å². The van der Waals surface area contributed by atoms with Gasteiger partial charge in [0.2, 0.25) is 0 Å². The van der Waals surface area contributed by atoms with E-state index in [9.17, 15) is 9.90 Å². The highest BCUT2D eigenvalue weighted by Crippen LogP contribution is 2.40. The van der Waals surface area contributed by atoms with Crippen LogP contribution in [0.4, 0.5) is 0 Å². The summed E-state index contributed by atoms with van der Waals surface area (Å²) in [5.74, 6) is 1.18. The molecular formula is C14H15Cl2NO3. The third kappa shape index (κ3) is 2.60. The molecule has 1 aromatic carbocycles. The van der Waals surface area contributed by atoms with Crippen molar-refractivity contribution in [2.24, 2.45) is 11.8 Å². The van der Waals surface area contributed by atoms with E-state index in [2.05, 4.69) is 0 Å². The van der Waals surface area contributed by atoms with E-state index in [1.54, 1.807) is 23.1 Å². The number of carbonyl (C=O) groups is 1. The van der Waals surface area contributed by atoms with Gasteiger partial charge in [-0.05, 0) is 24.5 Å². The summed E-state index contributed by atoms with van der Waals surface area (Å²) < 4.78 is 5.44. The fraction of sp³-hybridized carbons (Fsp3) is 0.500. The Morgan fingerprint density at radius 1 is 1.35 bits per heavy atom. The second-order valence-electron chi connectivity index (χ2n) is 5.39. The van der Waals surface area contributed by atoms with Gasteiger partial charge >= 0.3 is 0 Å². The molecular weight excluding hydrogens is 301 g/mol. The van der Waals surface area contributed by atoms with Gasteiger partial charge in [-0.2, -0.15) is 0 Å². The number of hydrogen-bond donors (Lipinski definition) is 1. The van der Waals surface area contributed by atoms with Crippen molar-refractivity contribution in [3.8, 4) is 5.75 Å². The van der Waals surface area contributed by atoms with Gasteiger partial charge in [0.05, 0.1) is 16.1 Å². The number of aliphatic hydroxyl groups is 1. The van der Waals surface area contributed by atoms with E-state index in [1.165, 1.54) is 0 Å². The molecule has 108 valence electrons. The van der Waals surface area contributed by atoms with Gasteiger partial charge in [-0.15, -0.1) is 0 Å². The Morgan fingerprint density at radius 2 is 2.15 bits per heavy atom. The van der Waals surface area contributed by atoms with Crippen molar-refractivity contribution in [2.75, 3.05) is 19.7 Å². The lowest BCUT2D eigenvalue weighted by atomic mass is 9.74. The molecule has 1 aromatic rings. The van der Waals surface area contributed by atoms with Crippen LogP contribution in [0.25, 0.3) is 0 Å². The Hall–Kier alpha value is -0.970. The van der Waals surface area contributed by atoms with Crippen LogP contribution in [-0.2, 0) is 4.79 Å². The quantitative estimate of drug-likeness (QED) is 0.930. The number of rotatable bonds is 3. The number of aliphatic hydroxyl groups excluding tert-OH is 1. The highest BCUT2D eigenvalue weighted by Gasteiger charge is 2.47. The van der Waals surface area contributed by atoms with Gasteiger partial charge in [0.25, 0.3) is 5.91 Å². The molecule has 20 heavy (non-hydrogen) atoms. The lowest BCUT2D eigenvalue weighted by molar-refractivity contribution is -0.132. The molecule has 3 rings (SSSR count). The lowest BCUT2D eigenvalue weighted by Gasteiger charge is -2.34. The number of amides is 1. The average Bonchev–Trinajstić information content (AvgIpc) is 2.77. The molecule has 1 amide bonds. The van der Waals surface area contributed by atoms with Crippen molar-refractivity contribution in [1.82, 2.24) is 4.90 Å². The summed E-state index contributed by atoms with van der Waals surface area (Å²) in [6.07, 6.45) is 0.566. The third-order valence-electron chi connectivity index (χ3n) is 4.14. The van der Waals surface area contributed by atoms with Gasteiger partial charge in [0, 0.05) is 25.1 Å². The molecule has 0 aromatic heterocycles. The molecule has 1 saturated carbocycles. The Labute approximate surface area is 127 Å². The van der Waals surface area contributed by atoms with Crippen LogP contribution in [0.5, 0.6) is 5.75 Å². The van der Waals surface area contributed by atoms with E-state index in [0.29, 0.717) is 28.3 Å². The molecule has 1 aliphatic heterocycles. The molecule has 1 saturated heterocycles. The summed E-state index contributed by atoms with van der Waals surface area (Å²) >= 11 is 11.7. The predicted octanol–water partition coefficient (Wildman–Crippen LogP) is 2.21. The predicted molar refractivity (Wildman–Crippen MR) is 76.1 cm³/mol. The van der Waals surface area contributed by atoms with Crippen molar-refractivity contribution in [1.29, 1.82) is 0 Å². The van der Waals surface area contributed by atoms with Gasteiger partial charge in [-0.25, -0.2) is 0 Å². The van der Waals surface area contributed by atoms with Gasteiger partial charge in [-0.1, -0.05) is 23.2 Å². The number of ether oxygens (including phenoxy) is 1. The third-order valence-corrected chi connectivity index (χ3v) is 4.88. The van der Waals surface area contributed by atoms with Crippen LogP contribution in [0.1, 0.15) is 6.42 Å². The first-order valence-electron chi connectivity index (χ1n) is 6.58. The van der Waals surface area contributed by atoms with E-state index >= 15 is 0 Å². The number of halogens is 2. The highest BCUT2D eigenvalue weighted by molar-refractivity contribution is 6.42. The number of benzene rings is 1. The van der Waals surface area contributed by atoms with Gasteiger partial charge in [0.15, 0.2) is 6.61 Å². The molecule has 0 spiro atoms. The zero-order chi connectivity index (χ0) is 14.3. The minimum atomic E-state index is -0.242. The van der Waals surface area contributed by atoms with Crippen LogP contribution >= 0.6 is 23.2 Å². The van der Waals surface area contributed by atoms with Gasteiger partial charge < -0.3 is 14.7 Å². The highest BCUT2D eigenvalue weighted by atomic mass is 35.5. The number of nitrogens with zero attached hydrogens (tertiary/aromatic N) is 1. The second-order valence-corrected chi connectivity index (χ2v) is 6.20. The average molecular weight is 316 g/mol. The molecule has 4 nitrogen and oxygen atoms in total. The monoisotopic (exact) mass is 315 g/mol. The van der Waals surface area contributed by atoms with E-state index in [0.717, 1.165) is 13.0 Å². The molecule has 6 heteroatoms. The fourth-order valence-electron chi connectivity index (χ4n) is 2.88. The molecule has 0 unspecified atom stereocenters. The summed E-state index contributed by atoms with van der Waals surface area (Å²) in [5, 5.41) is 10.4. The van der Waals surface area contributed by atoms with Crippen LogP contribution < -0.4 is 4.74 Å². The maximum Gasteiger partial charge on any atom is 0.260 e.